The molecule has 0 aliphatic heterocycles. The molecule has 0 heterocycles. The third-order valence-corrected chi connectivity index (χ3v) is 8.94. The molecule has 4 atom stereocenters. The van der Waals surface area contributed by atoms with Crippen LogP contribution in [-0.4, -0.2) is 35.4 Å². The number of hydrogen-bond donors (Lipinski definition) is 3. The maximum absolute atomic E-state index is 14.3. The fraction of sp³-hybridized carbons (Fsp3) is 0.308. The van der Waals surface area contributed by atoms with Gasteiger partial charge in [-0.1, -0.05) is 60.7 Å². The van der Waals surface area contributed by atoms with Crippen molar-refractivity contribution in [3.63, 3.8) is 0 Å². The molecule has 4 aromatic carbocycles. The van der Waals surface area contributed by atoms with Gasteiger partial charge in [-0.25, -0.2) is 0 Å². The van der Waals surface area contributed by atoms with Crippen LogP contribution in [0.5, 0.6) is 11.5 Å². The largest absolute Gasteiger partial charge is 0.493 e. The summed E-state index contributed by atoms with van der Waals surface area (Å²) in [5.41, 5.74) is 4.46. The Hall–Kier alpha value is -4.95. The van der Waals surface area contributed by atoms with E-state index in [-0.39, 0.29) is 6.42 Å². The quantitative estimate of drug-likeness (QED) is 0.174. The van der Waals surface area contributed by atoms with Gasteiger partial charge in [0.15, 0.2) is 11.5 Å². The molecule has 0 saturated heterocycles. The van der Waals surface area contributed by atoms with E-state index in [0.717, 1.165) is 27.8 Å². The number of ether oxygens (including phenoxy) is 2. The van der Waals surface area contributed by atoms with Crippen molar-refractivity contribution in [1.82, 2.24) is 0 Å². The third-order valence-electron chi connectivity index (χ3n) is 8.94. The predicted molar refractivity (Wildman–Crippen MR) is 183 cm³/mol. The van der Waals surface area contributed by atoms with E-state index in [4.69, 9.17) is 9.47 Å². The number of rotatable bonds is 9. The number of aryl methyl sites for hydroxylation is 4. The number of Topliss-reactive ketones (excluding diaryl/α,β-unsaturated/α-hetero) is 1. The van der Waals surface area contributed by atoms with Crippen molar-refractivity contribution in [2.24, 2.45) is 11.8 Å². The fourth-order valence-electron chi connectivity index (χ4n) is 6.40. The minimum Gasteiger partial charge on any atom is -0.493 e. The molecular formula is C39H42N2O6. The van der Waals surface area contributed by atoms with Gasteiger partial charge < -0.3 is 25.2 Å². The second-order valence-electron chi connectivity index (χ2n) is 12.8. The van der Waals surface area contributed by atoms with Crippen molar-refractivity contribution in [1.29, 1.82) is 0 Å². The smallest absolute Gasteiger partial charge is 0.235 e. The Morgan fingerprint density at radius 2 is 1.40 bits per heavy atom. The first-order chi connectivity index (χ1) is 22.4. The van der Waals surface area contributed by atoms with E-state index in [1.165, 1.54) is 14.0 Å². The van der Waals surface area contributed by atoms with Gasteiger partial charge in [0.1, 0.15) is 18.3 Å². The van der Waals surface area contributed by atoms with Crippen LogP contribution in [0.3, 0.4) is 0 Å². The topological polar surface area (TPSA) is 114 Å². The Kier molecular flexibility index (Phi) is 9.82. The Balaban J connectivity index is 1.58. The molecule has 8 nitrogen and oxygen atoms in total. The molecule has 244 valence electrons. The lowest BCUT2D eigenvalue weighted by Crippen LogP contribution is -2.56. The molecule has 0 aromatic heterocycles. The summed E-state index contributed by atoms with van der Waals surface area (Å²) in [6.45, 7) is 9.39. The van der Waals surface area contributed by atoms with Crippen molar-refractivity contribution in [3.05, 3.63) is 118 Å². The number of nitrogens with one attached hydrogen (secondary N) is 2. The minimum absolute atomic E-state index is 0.301. The molecule has 3 N–H and O–H groups in total. The highest BCUT2D eigenvalue weighted by Gasteiger charge is 2.56. The lowest BCUT2D eigenvalue weighted by molar-refractivity contribution is -0.150. The highest BCUT2D eigenvalue weighted by Crippen LogP contribution is 2.48. The van der Waals surface area contributed by atoms with Crippen molar-refractivity contribution >= 4 is 29.0 Å². The van der Waals surface area contributed by atoms with Gasteiger partial charge in [0, 0.05) is 23.7 Å². The monoisotopic (exact) mass is 634 g/mol. The highest BCUT2D eigenvalue weighted by molar-refractivity contribution is 6.10. The maximum atomic E-state index is 14.3. The Bertz CT molecular complexity index is 1800. The Labute approximate surface area is 276 Å². The number of aliphatic hydroxyl groups is 1. The first-order valence-electron chi connectivity index (χ1n) is 15.7. The standard InChI is InChI=1S/C39H42N2O6/c1-23-12-14-25(3)29(18-23)40-37(43)35-31(42)21-39(5,45)36(38(44)41-30-19-24(2)13-15-26(30)4)34(35)28-16-17-32(33(20-28)46-6)47-22-27-10-8-7-9-11-27/h7-20,34-36,45H,21-22H2,1-6H3,(H,40,43)(H,41,44). The summed E-state index contributed by atoms with van der Waals surface area (Å²) in [6, 6.07) is 26.2. The SMILES string of the molecule is COc1cc(C2C(C(=O)Nc3cc(C)ccc3C)C(=O)CC(C)(O)C2C(=O)Nc2cc(C)ccc2C)ccc1OCc1ccccc1. The Morgan fingerprint density at radius 3 is 2.00 bits per heavy atom. The van der Waals surface area contributed by atoms with Crippen LogP contribution in [0.1, 0.15) is 52.6 Å². The number of benzene rings is 4. The molecule has 2 amide bonds. The second kappa shape index (κ2) is 13.8. The first-order valence-corrected chi connectivity index (χ1v) is 15.7. The van der Waals surface area contributed by atoms with Crippen molar-refractivity contribution < 1.29 is 29.0 Å². The van der Waals surface area contributed by atoms with E-state index < -0.39 is 41.0 Å². The molecule has 0 spiro atoms. The van der Waals surface area contributed by atoms with Gasteiger partial charge in [-0.2, -0.15) is 0 Å². The van der Waals surface area contributed by atoms with Gasteiger partial charge in [0.25, 0.3) is 0 Å². The van der Waals surface area contributed by atoms with Crippen LogP contribution in [-0.2, 0) is 21.0 Å². The van der Waals surface area contributed by atoms with Gasteiger partial charge in [-0.15, -0.1) is 0 Å². The normalized spacial score (nSPS) is 20.7. The summed E-state index contributed by atoms with van der Waals surface area (Å²) in [6.07, 6.45) is -0.366. The molecule has 0 radical (unpaired) electrons. The molecule has 1 fully saturated rings. The summed E-state index contributed by atoms with van der Waals surface area (Å²) in [5, 5.41) is 17.8. The summed E-state index contributed by atoms with van der Waals surface area (Å²) in [5.74, 6) is -4.13. The van der Waals surface area contributed by atoms with E-state index in [1.54, 1.807) is 18.2 Å². The zero-order valence-corrected chi connectivity index (χ0v) is 27.7. The van der Waals surface area contributed by atoms with Gasteiger partial charge in [0.05, 0.1) is 18.6 Å². The Morgan fingerprint density at radius 1 is 0.809 bits per heavy atom. The molecule has 4 aromatic rings. The van der Waals surface area contributed by atoms with E-state index in [1.807, 2.05) is 94.4 Å². The fourth-order valence-corrected chi connectivity index (χ4v) is 6.40. The summed E-state index contributed by atoms with van der Waals surface area (Å²) in [7, 11) is 1.51. The van der Waals surface area contributed by atoms with E-state index >= 15 is 0 Å². The zero-order chi connectivity index (χ0) is 33.9. The molecule has 8 heteroatoms. The maximum Gasteiger partial charge on any atom is 0.235 e. The molecule has 1 saturated carbocycles. The van der Waals surface area contributed by atoms with Crippen LogP contribution in [0.4, 0.5) is 11.4 Å². The molecule has 0 bridgehead atoms. The number of amides is 2. The number of methoxy groups -OCH3 is 1. The van der Waals surface area contributed by atoms with Crippen LogP contribution in [0.2, 0.25) is 0 Å². The van der Waals surface area contributed by atoms with Gasteiger partial charge in [0.2, 0.25) is 11.8 Å². The van der Waals surface area contributed by atoms with E-state index in [2.05, 4.69) is 10.6 Å². The van der Waals surface area contributed by atoms with E-state index in [0.29, 0.717) is 35.0 Å². The van der Waals surface area contributed by atoms with Crippen molar-refractivity contribution in [3.8, 4) is 11.5 Å². The first kappa shape index (κ1) is 33.4. The average molecular weight is 635 g/mol. The lowest BCUT2D eigenvalue weighted by atomic mass is 9.61. The van der Waals surface area contributed by atoms with Crippen LogP contribution in [0, 0.1) is 39.5 Å². The highest BCUT2D eigenvalue weighted by atomic mass is 16.5. The summed E-state index contributed by atoms with van der Waals surface area (Å²) >= 11 is 0. The van der Waals surface area contributed by atoms with E-state index in [9.17, 15) is 19.5 Å². The molecule has 5 rings (SSSR count). The van der Waals surface area contributed by atoms with Gasteiger partial charge in [-0.05, 0) is 92.3 Å². The van der Waals surface area contributed by atoms with Gasteiger partial charge in [-0.3, -0.25) is 14.4 Å². The van der Waals surface area contributed by atoms with Crippen LogP contribution >= 0.6 is 0 Å². The van der Waals surface area contributed by atoms with Crippen molar-refractivity contribution in [2.45, 2.75) is 59.2 Å². The van der Waals surface area contributed by atoms with Crippen LogP contribution in [0.15, 0.2) is 84.9 Å². The van der Waals surface area contributed by atoms with Crippen LogP contribution < -0.4 is 20.1 Å². The summed E-state index contributed by atoms with van der Waals surface area (Å²) in [4.78, 5) is 42.3. The molecule has 1 aliphatic rings. The molecule has 4 unspecified atom stereocenters. The second-order valence-corrected chi connectivity index (χ2v) is 12.8. The molecule has 1 aliphatic carbocycles. The number of carbonyl (C=O) groups excluding carboxylic acids is 3. The lowest BCUT2D eigenvalue weighted by Gasteiger charge is -2.44. The van der Waals surface area contributed by atoms with Crippen LogP contribution in [0.25, 0.3) is 0 Å². The van der Waals surface area contributed by atoms with Gasteiger partial charge >= 0.3 is 0 Å². The minimum atomic E-state index is -1.75. The number of hydrogen-bond acceptors (Lipinski definition) is 6. The molecule has 47 heavy (non-hydrogen) atoms. The number of carbonyl (C=O) groups is 3. The number of anilines is 2. The summed E-state index contributed by atoms with van der Waals surface area (Å²) < 4.78 is 11.8. The number of ketones is 1. The average Bonchev–Trinajstić information content (AvgIpc) is 3.03. The van der Waals surface area contributed by atoms with Crippen molar-refractivity contribution in [2.75, 3.05) is 17.7 Å². The molecular weight excluding hydrogens is 592 g/mol. The third kappa shape index (κ3) is 7.39. The predicted octanol–water partition coefficient (Wildman–Crippen LogP) is 6.83. The zero-order valence-electron chi connectivity index (χ0n) is 27.7.